The highest BCUT2D eigenvalue weighted by molar-refractivity contribution is 5.92. The highest BCUT2D eigenvalue weighted by atomic mass is 16.6. The Bertz CT molecular complexity index is 496. The number of carboxylic acids is 3. The van der Waals surface area contributed by atoms with Gasteiger partial charge in [0, 0.05) is 0 Å². The van der Waals surface area contributed by atoms with Crippen LogP contribution in [0.5, 0.6) is 0 Å². The number of ether oxygens (including phenoxy) is 2. The van der Waals surface area contributed by atoms with Gasteiger partial charge < -0.3 is 24.8 Å². The number of carbonyl (C=O) groups is 4. The van der Waals surface area contributed by atoms with Crippen LogP contribution in [0.2, 0.25) is 0 Å². The fourth-order valence-corrected chi connectivity index (χ4v) is 2.76. The highest BCUT2D eigenvalue weighted by Crippen LogP contribution is 2.44. The summed E-state index contributed by atoms with van der Waals surface area (Å²) in [6.45, 7) is 4.01. The van der Waals surface area contributed by atoms with Crippen LogP contribution in [0.15, 0.2) is 0 Å². The molecule has 9 nitrogen and oxygen atoms in total. The summed E-state index contributed by atoms with van der Waals surface area (Å²) in [5.74, 6) is -5.67. The highest BCUT2D eigenvalue weighted by Gasteiger charge is 2.62. The van der Waals surface area contributed by atoms with Crippen LogP contribution in [-0.4, -0.2) is 58.0 Å². The van der Waals surface area contributed by atoms with Gasteiger partial charge in [0.05, 0.1) is 13.0 Å². The van der Waals surface area contributed by atoms with Crippen molar-refractivity contribution in [3.05, 3.63) is 0 Å². The van der Waals surface area contributed by atoms with E-state index in [1.807, 2.05) is 6.92 Å². The summed E-state index contributed by atoms with van der Waals surface area (Å²) in [6, 6.07) is 0. The zero-order chi connectivity index (χ0) is 19.7. The normalized spacial score (nSPS) is 13.7. The first-order valence-corrected chi connectivity index (χ1v) is 8.11. The molecular formula is C16H26O9. The lowest BCUT2D eigenvalue weighted by atomic mass is 9.66. The van der Waals surface area contributed by atoms with Crippen molar-refractivity contribution in [2.24, 2.45) is 5.41 Å². The van der Waals surface area contributed by atoms with E-state index in [0.717, 1.165) is 6.42 Å². The third-order valence-electron chi connectivity index (χ3n) is 4.33. The van der Waals surface area contributed by atoms with E-state index in [-0.39, 0.29) is 19.4 Å². The Morgan fingerprint density at radius 1 is 0.920 bits per heavy atom. The van der Waals surface area contributed by atoms with Crippen LogP contribution in [0.1, 0.15) is 52.9 Å². The van der Waals surface area contributed by atoms with E-state index >= 15 is 0 Å². The Morgan fingerprint density at radius 2 is 1.48 bits per heavy atom. The number of unbranched alkanes of at least 4 members (excludes halogenated alkanes) is 1. The van der Waals surface area contributed by atoms with Gasteiger partial charge in [0.25, 0.3) is 0 Å². The molecule has 1 atom stereocenters. The first kappa shape index (κ1) is 22.8. The predicted molar refractivity (Wildman–Crippen MR) is 85.1 cm³/mol. The van der Waals surface area contributed by atoms with Gasteiger partial charge in [-0.15, -0.1) is 0 Å². The third-order valence-corrected chi connectivity index (χ3v) is 4.33. The smallest absolute Gasteiger partial charge is 0.337 e. The Morgan fingerprint density at radius 3 is 1.84 bits per heavy atom. The molecule has 0 aromatic rings. The average molecular weight is 362 g/mol. The molecule has 0 aromatic carbocycles. The van der Waals surface area contributed by atoms with E-state index in [0.29, 0.717) is 6.42 Å². The second kappa shape index (κ2) is 9.97. The lowest BCUT2D eigenvalue weighted by Crippen LogP contribution is -2.61. The van der Waals surface area contributed by atoms with Gasteiger partial charge in [-0.1, -0.05) is 27.2 Å². The minimum atomic E-state index is -2.60. The number of esters is 1. The maximum atomic E-state index is 11.9. The van der Waals surface area contributed by atoms with Crippen LogP contribution < -0.4 is 0 Å². The molecule has 0 spiro atoms. The van der Waals surface area contributed by atoms with E-state index in [1.54, 1.807) is 0 Å². The fraction of sp³-hybridized carbons (Fsp3) is 0.750. The number of hydrogen-bond donors (Lipinski definition) is 3. The SMILES string of the molecule is CCCCOC(=O)COC(CC(=O)O)(C(=O)O)C(CC)(CC)C(=O)O. The van der Waals surface area contributed by atoms with Crippen LogP contribution in [0, 0.1) is 5.41 Å². The van der Waals surface area contributed by atoms with Crippen LogP contribution in [0.3, 0.4) is 0 Å². The van der Waals surface area contributed by atoms with Crippen molar-refractivity contribution in [2.45, 2.75) is 58.5 Å². The molecule has 25 heavy (non-hydrogen) atoms. The molecule has 0 rings (SSSR count). The van der Waals surface area contributed by atoms with Crippen molar-refractivity contribution in [3.63, 3.8) is 0 Å². The summed E-state index contributed by atoms with van der Waals surface area (Å²) < 4.78 is 10.0. The maximum Gasteiger partial charge on any atom is 0.337 e. The van der Waals surface area contributed by atoms with Crippen molar-refractivity contribution >= 4 is 23.9 Å². The molecule has 9 heteroatoms. The summed E-state index contributed by atoms with van der Waals surface area (Å²) in [5.41, 5.74) is -4.61. The van der Waals surface area contributed by atoms with Crippen molar-refractivity contribution in [1.29, 1.82) is 0 Å². The van der Waals surface area contributed by atoms with Crippen LogP contribution in [-0.2, 0) is 28.7 Å². The van der Waals surface area contributed by atoms with Crippen molar-refractivity contribution in [3.8, 4) is 0 Å². The Kier molecular flexibility index (Phi) is 9.11. The summed E-state index contributed by atoms with van der Waals surface area (Å²) >= 11 is 0. The molecule has 0 bridgehead atoms. The number of rotatable bonds is 13. The summed E-state index contributed by atoms with van der Waals surface area (Å²) in [7, 11) is 0. The molecule has 0 amide bonds. The predicted octanol–water partition coefficient (Wildman–Crippen LogP) is 1.54. The van der Waals surface area contributed by atoms with E-state index in [4.69, 9.17) is 14.6 Å². The summed E-state index contributed by atoms with van der Waals surface area (Å²) in [6.07, 6.45) is -0.0981. The topological polar surface area (TPSA) is 147 Å². The molecule has 144 valence electrons. The molecule has 1 unspecified atom stereocenters. The monoisotopic (exact) mass is 362 g/mol. The van der Waals surface area contributed by atoms with E-state index in [9.17, 15) is 29.4 Å². The molecule has 3 N–H and O–H groups in total. The van der Waals surface area contributed by atoms with Gasteiger partial charge in [-0.3, -0.25) is 9.59 Å². The molecule has 0 aliphatic heterocycles. The molecule has 0 aromatic heterocycles. The minimum Gasteiger partial charge on any atom is -0.481 e. The van der Waals surface area contributed by atoms with Crippen LogP contribution >= 0.6 is 0 Å². The van der Waals surface area contributed by atoms with Gasteiger partial charge in [-0.05, 0) is 19.3 Å². The molecule has 0 radical (unpaired) electrons. The largest absolute Gasteiger partial charge is 0.481 e. The molecule has 0 aliphatic carbocycles. The van der Waals surface area contributed by atoms with Crippen molar-refractivity contribution < 1.29 is 44.0 Å². The van der Waals surface area contributed by atoms with Crippen LogP contribution in [0.4, 0.5) is 0 Å². The molecular weight excluding hydrogens is 336 g/mol. The Hall–Kier alpha value is -2.16. The second-order valence-corrected chi connectivity index (χ2v) is 5.66. The van der Waals surface area contributed by atoms with E-state index < -0.39 is 47.9 Å². The van der Waals surface area contributed by atoms with E-state index in [2.05, 4.69) is 0 Å². The first-order valence-electron chi connectivity index (χ1n) is 8.11. The first-order chi connectivity index (χ1) is 11.6. The van der Waals surface area contributed by atoms with E-state index in [1.165, 1.54) is 13.8 Å². The van der Waals surface area contributed by atoms with Crippen molar-refractivity contribution in [1.82, 2.24) is 0 Å². The summed E-state index contributed by atoms with van der Waals surface area (Å²) in [4.78, 5) is 46.6. The Balaban J connectivity index is 5.74. The van der Waals surface area contributed by atoms with Gasteiger partial charge in [0.2, 0.25) is 0 Å². The quantitative estimate of drug-likeness (QED) is 0.328. The maximum absolute atomic E-state index is 11.9. The zero-order valence-corrected chi connectivity index (χ0v) is 14.7. The van der Waals surface area contributed by atoms with Gasteiger partial charge in [-0.2, -0.15) is 0 Å². The fourth-order valence-electron chi connectivity index (χ4n) is 2.76. The number of aliphatic carboxylic acids is 3. The standard InChI is InChI=1S/C16H26O9/c1-4-7-8-24-12(19)10-25-16(14(22)23,9-11(17)18)15(5-2,6-3)13(20)21/h4-10H2,1-3H3,(H,17,18)(H,20,21)(H,22,23). The van der Waals surface area contributed by atoms with Gasteiger partial charge in [0.15, 0.2) is 5.60 Å². The Labute approximate surface area is 145 Å². The molecule has 0 saturated carbocycles. The number of carbonyl (C=O) groups excluding carboxylic acids is 1. The van der Waals surface area contributed by atoms with Gasteiger partial charge in [-0.25, -0.2) is 9.59 Å². The molecule has 0 saturated heterocycles. The zero-order valence-electron chi connectivity index (χ0n) is 14.7. The lowest BCUT2D eigenvalue weighted by Gasteiger charge is -2.42. The van der Waals surface area contributed by atoms with Crippen LogP contribution in [0.25, 0.3) is 0 Å². The van der Waals surface area contributed by atoms with Crippen molar-refractivity contribution in [2.75, 3.05) is 13.2 Å². The summed E-state index contributed by atoms with van der Waals surface area (Å²) in [5, 5.41) is 28.4. The average Bonchev–Trinajstić information content (AvgIpc) is 2.53. The lowest BCUT2D eigenvalue weighted by molar-refractivity contribution is -0.209. The number of carboxylic acid groups (broad SMARTS) is 3. The minimum absolute atomic E-state index is 0.114. The second-order valence-electron chi connectivity index (χ2n) is 5.66. The third kappa shape index (κ3) is 5.15. The van der Waals surface area contributed by atoms with Gasteiger partial charge in [0.1, 0.15) is 12.0 Å². The molecule has 0 heterocycles. The number of hydrogen-bond acceptors (Lipinski definition) is 6. The van der Waals surface area contributed by atoms with Gasteiger partial charge >= 0.3 is 23.9 Å². The molecule has 0 fully saturated rings. The molecule has 0 aliphatic rings.